The number of hydrogen-bond acceptors (Lipinski definition) is 4. The molecule has 0 aliphatic carbocycles. The summed E-state index contributed by atoms with van der Waals surface area (Å²) in [6.07, 6.45) is -4.23. The van der Waals surface area contributed by atoms with Crippen LogP contribution in [0.2, 0.25) is 0 Å². The van der Waals surface area contributed by atoms with E-state index in [9.17, 15) is 13.2 Å². The Balaban J connectivity index is 2.13. The molecule has 100 valence electrons. The molecule has 1 fully saturated rings. The normalized spacial score (nSPS) is 21.1. The second-order valence-corrected chi connectivity index (χ2v) is 4.19. The maximum absolute atomic E-state index is 12.6. The van der Waals surface area contributed by atoms with E-state index in [1.54, 1.807) is 23.1 Å². The molecule has 4 nitrogen and oxygen atoms in total. The van der Waals surface area contributed by atoms with Gasteiger partial charge in [-0.25, -0.2) is 4.98 Å². The topological polar surface area (TPSA) is 54.2 Å². The lowest BCUT2D eigenvalue weighted by molar-refractivity contribution is -0.155. The molecule has 1 aromatic heterocycles. The highest BCUT2D eigenvalue weighted by Crippen LogP contribution is 2.24. The average Bonchev–Trinajstić information content (AvgIpc) is 2.38. The summed E-state index contributed by atoms with van der Waals surface area (Å²) in [5.41, 5.74) is 6.15. The fraction of sp³-hybridized carbons (Fsp3) is 0.545. The minimum Gasteiger partial charge on any atom is -0.353 e. The van der Waals surface area contributed by atoms with Gasteiger partial charge in [0, 0.05) is 26.2 Å². The van der Waals surface area contributed by atoms with Crippen molar-refractivity contribution < 1.29 is 13.2 Å². The Hall–Kier alpha value is -1.34. The van der Waals surface area contributed by atoms with Crippen LogP contribution in [0.15, 0.2) is 18.2 Å². The van der Waals surface area contributed by atoms with E-state index in [2.05, 4.69) is 10.3 Å². The van der Waals surface area contributed by atoms with E-state index in [4.69, 9.17) is 5.73 Å². The van der Waals surface area contributed by atoms with Crippen molar-refractivity contribution in [3.8, 4) is 0 Å². The van der Waals surface area contributed by atoms with Crippen LogP contribution in [0, 0.1) is 0 Å². The standard InChI is InChI=1S/C11H15F3N4/c12-11(13,14)9-7-18(5-4-16-9)10-3-1-2-8(6-15)17-10/h1-3,9,16H,4-7,15H2. The van der Waals surface area contributed by atoms with Crippen LogP contribution < -0.4 is 16.0 Å². The van der Waals surface area contributed by atoms with E-state index in [1.807, 2.05) is 0 Å². The monoisotopic (exact) mass is 260 g/mol. The smallest absolute Gasteiger partial charge is 0.353 e. The Morgan fingerprint density at radius 3 is 2.89 bits per heavy atom. The molecule has 0 radical (unpaired) electrons. The lowest BCUT2D eigenvalue weighted by Gasteiger charge is -2.35. The van der Waals surface area contributed by atoms with Crippen molar-refractivity contribution in [3.05, 3.63) is 23.9 Å². The Morgan fingerprint density at radius 1 is 1.44 bits per heavy atom. The van der Waals surface area contributed by atoms with Crippen LogP contribution >= 0.6 is 0 Å². The first kappa shape index (κ1) is 13.1. The molecule has 0 amide bonds. The molecule has 1 aliphatic rings. The number of hydrogen-bond donors (Lipinski definition) is 2. The van der Waals surface area contributed by atoms with Crippen LogP contribution in [0.5, 0.6) is 0 Å². The summed E-state index contributed by atoms with van der Waals surface area (Å²) in [5.74, 6) is 0.550. The first-order chi connectivity index (χ1) is 8.50. The third-order valence-corrected chi connectivity index (χ3v) is 2.90. The highest BCUT2D eigenvalue weighted by atomic mass is 19.4. The molecule has 0 spiro atoms. The molecule has 2 rings (SSSR count). The summed E-state index contributed by atoms with van der Waals surface area (Å²) in [6, 6.07) is 3.72. The number of nitrogens with one attached hydrogen (secondary N) is 1. The first-order valence-electron chi connectivity index (χ1n) is 5.72. The van der Waals surface area contributed by atoms with E-state index >= 15 is 0 Å². The summed E-state index contributed by atoms with van der Waals surface area (Å²) in [4.78, 5) is 5.87. The molecule has 18 heavy (non-hydrogen) atoms. The molecule has 1 aromatic rings. The van der Waals surface area contributed by atoms with Crippen LogP contribution in [0.4, 0.5) is 19.0 Å². The first-order valence-corrected chi connectivity index (χ1v) is 5.72. The highest BCUT2D eigenvalue weighted by molar-refractivity contribution is 5.40. The van der Waals surface area contributed by atoms with Gasteiger partial charge in [0.2, 0.25) is 0 Å². The van der Waals surface area contributed by atoms with Gasteiger partial charge < -0.3 is 16.0 Å². The minimum atomic E-state index is -4.23. The van der Waals surface area contributed by atoms with Gasteiger partial charge in [0.15, 0.2) is 0 Å². The number of piperazine rings is 1. The van der Waals surface area contributed by atoms with Gasteiger partial charge in [-0.3, -0.25) is 0 Å². The highest BCUT2D eigenvalue weighted by Gasteiger charge is 2.42. The predicted octanol–water partition coefficient (Wildman–Crippen LogP) is 0.881. The molecule has 1 aliphatic heterocycles. The second kappa shape index (κ2) is 5.11. The van der Waals surface area contributed by atoms with Crippen LogP contribution in [0.1, 0.15) is 5.69 Å². The van der Waals surface area contributed by atoms with Gasteiger partial charge in [-0.15, -0.1) is 0 Å². The van der Waals surface area contributed by atoms with E-state index in [0.29, 0.717) is 24.6 Å². The van der Waals surface area contributed by atoms with Crippen molar-refractivity contribution in [1.82, 2.24) is 10.3 Å². The molecular formula is C11H15F3N4. The largest absolute Gasteiger partial charge is 0.405 e. The van der Waals surface area contributed by atoms with E-state index in [1.165, 1.54) is 0 Å². The van der Waals surface area contributed by atoms with Crippen molar-refractivity contribution in [2.75, 3.05) is 24.5 Å². The maximum Gasteiger partial charge on any atom is 0.405 e. The summed E-state index contributed by atoms with van der Waals surface area (Å²) >= 11 is 0. The SMILES string of the molecule is NCc1cccc(N2CCNC(C(F)(F)F)C2)n1. The number of anilines is 1. The van der Waals surface area contributed by atoms with Gasteiger partial charge in [-0.1, -0.05) is 6.07 Å². The molecule has 1 saturated heterocycles. The van der Waals surface area contributed by atoms with Crippen molar-refractivity contribution in [1.29, 1.82) is 0 Å². The Morgan fingerprint density at radius 2 is 2.22 bits per heavy atom. The summed E-state index contributed by atoms with van der Waals surface area (Å²) in [7, 11) is 0. The molecule has 3 N–H and O–H groups in total. The summed E-state index contributed by atoms with van der Waals surface area (Å²) in [5, 5.41) is 2.47. The van der Waals surface area contributed by atoms with E-state index < -0.39 is 12.2 Å². The third kappa shape index (κ3) is 2.91. The van der Waals surface area contributed by atoms with Crippen molar-refractivity contribution >= 4 is 5.82 Å². The number of nitrogens with two attached hydrogens (primary N) is 1. The molecule has 0 saturated carbocycles. The van der Waals surface area contributed by atoms with Gasteiger partial charge in [0.25, 0.3) is 0 Å². The molecule has 1 unspecified atom stereocenters. The van der Waals surface area contributed by atoms with Gasteiger partial charge in [-0.2, -0.15) is 13.2 Å². The molecule has 2 heterocycles. The Bertz CT molecular complexity index is 408. The van der Waals surface area contributed by atoms with Crippen molar-refractivity contribution in [3.63, 3.8) is 0 Å². The lowest BCUT2D eigenvalue weighted by Crippen LogP contribution is -2.57. The van der Waals surface area contributed by atoms with Crippen molar-refractivity contribution in [2.45, 2.75) is 18.8 Å². The van der Waals surface area contributed by atoms with Crippen LogP contribution in [-0.2, 0) is 6.54 Å². The average molecular weight is 260 g/mol. The Kier molecular flexibility index (Phi) is 3.72. The van der Waals surface area contributed by atoms with Crippen LogP contribution in [0.3, 0.4) is 0 Å². The number of pyridine rings is 1. The minimum absolute atomic E-state index is 0.121. The molecule has 0 bridgehead atoms. The number of aromatic nitrogens is 1. The zero-order chi connectivity index (χ0) is 13.2. The lowest BCUT2D eigenvalue weighted by atomic mass is 10.2. The molecule has 7 heteroatoms. The third-order valence-electron chi connectivity index (χ3n) is 2.90. The number of alkyl halides is 3. The fourth-order valence-electron chi connectivity index (χ4n) is 1.93. The number of rotatable bonds is 2. The maximum atomic E-state index is 12.6. The fourth-order valence-corrected chi connectivity index (χ4v) is 1.93. The number of nitrogens with zero attached hydrogens (tertiary/aromatic N) is 2. The molecular weight excluding hydrogens is 245 g/mol. The zero-order valence-corrected chi connectivity index (χ0v) is 9.74. The van der Waals surface area contributed by atoms with Gasteiger partial charge >= 0.3 is 6.18 Å². The summed E-state index contributed by atoms with van der Waals surface area (Å²) < 4.78 is 37.9. The Labute approximate surface area is 103 Å². The zero-order valence-electron chi connectivity index (χ0n) is 9.74. The van der Waals surface area contributed by atoms with E-state index in [0.717, 1.165) is 0 Å². The summed E-state index contributed by atoms with van der Waals surface area (Å²) in [6.45, 7) is 0.958. The van der Waals surface area contributed by atoms with Gasteiger partial charge in [0.1, 0.15) is 11.9 Å². The second-order valence-electron chi connectivity index (χ2n) is 4.19. The van der Waals surface area contributed by atoms with E-state index in [-0.39, 0.29) is 13.1 Å². The predicted molar refractivity (Wildman–Crippen MR) is 62.2 cm³/mol. The quantitative estimate of drug-likeness (QED) is 0.829. The number of halogens is 3. The van der Waals surface area contributed by atoms with Crippen molar-refractivity contribution in [2.24, 2.45) is 5.73 Å². The van der Waals surface area contributed by atoms with Gasteiger partial charge in [-0.05, 0) is 12.1 Å². The van der Waals surface area contributed by atoms with Crippen LogP contribution in [0.25, 0.3) is 0 Å². The van der Waals surface area contributed by atoms with Gasteiger partial charge in [0.05, 0.1) is 5.69 Å². The molecule has 1 atom stereocenters. The molecule has 0 aromatic carbocycles. The van der Waals surface area contributed by atoms with Crippen LogP contribution in [-0.4, -0.2) is 36.8 Å².